The molecule has 0 aliphatic heterocycles. The number of carbonyl (C=O) groups excluding carboxylic acids is 2. The quantitative estimate of drug-likeness (QED) is 0.560. The number of Topliss-reactive ketones (excluding diaryl/α,β-unsaturated/α-hetero) is 1. The van der Waals surface area contributed by atoms with Crippen LogP contribution < -0.4 is 0 Å². The number of hydrogen-bond acceptors (Lipinski definition) is 4. The summed E-state index contributed by atoms with van der Waals surface area (Å²) in [5.74, 6) is 0.258. The zero-order chi connectivity index (χ0) is 15.6. The van der Waals surface area contributed by atoms with Crippen molar-refractivity contribution in [3.05, 3.63) is 26.6 Å². The molecule has 1 aliphatic carbocycles. The summed E-state index contributed by atoms with van der Waals surface area (Å²) in [6.45, 7) is 7.04. The fourth-order valence-corrected chi connectivity index (χ4v) is 4.06. The molecule has 2 rings (SSSR count). The first-order valence-electron chi connectivity index (χ1n) is 7.15. The van der Waals surface area contributed by atoms with E-state index in [-0.39, 0.29) is 17.1 Å². The third-order valence-electron chi connectivity index (χ3n) is 3.98. The molecule has 1 aromatic heterocycles. The number of fused-ring (bicyclic) bond motifs is 1. The average molecular weight is 401 g/mol. The number of carbonyl (C=O) groups is 2. The monoisotopic (exact) mass is 401 g/mol. The zero-order valence-electron chi connectivity index (χ0n) is 12.6. The number of halogens is 1. The normalized spacial score (nSPS) is 18.0. The maximum Gasteiger partial charge on any atom is 0.293 e. The van der Waals surface area contributed by atoms with Crippen LogP contribution in [0.5, 0.6) is 0 Å². The molecule has 0 radical (unpaired) electrons. The van der Waals surface area contributed by atoms with Crippen LogP contribution in [0.1, 0.15) is 61.1 Å². The minimum absolute atomic E-state index is 0.0214. The highest BCUT2D eigenvalue weighted by molar-refractivity contribution is 14.1. The molecule has 114 valence electrons. The highest BCUT2D eigenvalue weighted by Crippen LogP contribution is 2.38. The fourth-order valence-electron chi connectivity index (χ4n) is 2.86. The van der Waals surface area contributed by atoms with E-state index in [0.717, 1.165) is 33.2 Å². The van der Waals surface area contributed by atoms with Crippen LogP contribution in [0.4, 0.5) is 0 Å². The van der Waals surface area contributed by atoms with E-state index in [1.807, 2.05) is 13.1 Å². The van der Waals surface area contributed by atoms with Crippen molar-refractivity contribution in [2.75, 3.05) is 6.61 Å². The van der Waals surface area contributed by atoms with Gasteiger partial charge >= 0.3 is 0 Å². The molecule has 21 heavy (non-hydrogen) atoms. The Morgan fingerprint density at radius 3 is 2.81 bits per heavy atom. The van der Waals surface area contributed by atoms with Crippen molar-refractivity contribution in [1.82, 2.24) is 4.98 Å². The van der Waals surface area contributed by atoms with E-state index in [1.54, 1.807) is 0 Å². The molecule has 1 atom stereocenters. The molecular formula is C16H20INO3. The highest BCUT2D eigenvalue weighted by Gasteiger charge is 2.34. The summed E-state index contributed by atoms with van der Waals surface area (Å²) in [5.41, 5.74) is 2.66. The molecule has 0 fully saturated rings. The van der Waals surface area contributed by atoms with E-state index >= 15 is 0 Å². The third-order valence-corrected chi connectivity index (χ3v) is 5.15. The minimum Gasteiger partial charge on any atom is -0.467 e. The van der Waals surface area contributed by atoms with Crippen molar-refractivity contribution >= 4 is 34.8 Å². The maximum absolute atomic E-state index is 12.5. The lowest BCUT2D eigenvalue weighted by Crippen LogP contribution is -2.29. The summed E-state index contributed by atoms with van der Waals surface area (Å²) in [7, 11) is 0. The fraction of sp³-hybridized carbons (Fsp3) is 0.562. The molecular weight excluding hydrogens is 381 g/mol. The lowest BCUT2D eigenvalue weighted by Gasteiger charge is -2.31. The number of aromatic nitrogens is 1. The van der Waals surface area contributed by atoms with Gasteiger partial charge in [0.25, 0.3) is 6.47 Å². The molecule has 1 unspecified atom stereocenters. The molecule has 0 saturated heterocycles. The molecule has 1 aliphatic rings. The molecule has 1 aromatic rings. The van der Waals surface area contributed by atoms with Crippen LogP contribution >= 0.6 is 22.6 Å². The van der Waals surface area contributed by atoms with E-state index < -0.39 is 0 Å². The second-order valence-corrected chi connectivity index (χ2v) is 7.40. The van der Waals surface area contributed by atoms with Gasteiger partial charge in [0.05, 0.1) is 17.9 Å². The van der Waals surface area contributed by atoms with E-state index in [2.05, 4.69) is 41.4 Å². The highest BCUT2D eigenvalue weighted by atomic mass is 127. The Balaban J connectivity index is 2.42. The lowest BCUT2D eigenvalue weighted by molar-refractivity contribution is -0.129. The third kappa shape index (κ3) is 3.44. The Morgan fingerprint density at radius 2 is 2.19 bits per heavy atom. The molecule has 0 spiro atoms. The van der Waals surface area contributed by atoms with Crippen molar-refractivity contribution in [2.24, 2.45) is 5.41 Å². The standard InChI is InChI=1S/C16H20INO3/c1-4-10(8-21-9-19)11-7-18-12-5-16(2,3)6-13(20)14(12)15(11)17/h7,9-10H,4-6,8H2,1-3H3. The summed E-state index contributed by atoms with van der Waals surface area (Å²) >= 11 is 2.24. The van der Waals surface area contributed by atoms with E-state index in [4.69, 9.17) is 4.74 Å². The lowest BCUT2D eigenvalue weighted by atomic mass is 9.75. The average Bonchev–Trinajstić information content (AvgIpc) is 2.39. The van der Waals surface area contributed by atoms with Gasteiger partial charge in [0.15, 0.2) is 5.78 Å². The number of hydrogen-bond donors (Lipinski definition) is 0. The van der Waals surface area contributed by atoms with Crippen LogP contribution in [0.25, 0.3) is 0 Å². The Bertz CT molecular complexity index is 569. The van der Waals surface area contributed by atoms with Crippen molar-refractivity contribution in [2.45, 2.75) is 46.0 Å². The van der Waals surface area contributed by atoms with Gasteiger partial charge in [0.2, 0.25) is 0 Å². The van der Waals surface area contributed by atoms with Gasteiger partial charge in [0.1, 0.15) is 0 Å². The topological polar surface area (TPSA) is 56.3 Å². The van der Waals surface area contributed by atoms with Gasteiger partial charge in [-0.2, -0.15) is 0 Å². The summed E-state index contributed by atoms with van der Waals surface area (Å²) in [6.07, 6.45) is 4.07. The smallest absolute Gasteiger partial charge is 0.293 e. The van der Waals surface area contributed by atoms with Crippen LogP contribution in [0.2, 0.25) is 0 Å². The maximum atomic E-state index is 12.5. The Morgan fingerprint density at radius 1 is 1.48 bits per heavy atom. The first-order valence-corrected chi connectivity index (χ1v) is 8.23. The largest absolute Gasteiger partial charge is 0.467 e. The molecule has 1 heterocycles. The van der Waals surface area contributed by atoms with E-state index in [9.17, 15) is 9.59 Å². The summed E-state index contributed by atoms with van der Waals surface area (Å²) in [4.78, 5) is 27.4. The molecule has 0 aromatic carbocycles. The van der Waals surface area contributed by atoms with Gasteiger partial charge < -0.3 is 4.74 Å². The molecule has 0 saturated carbocycles. The Labute approximate surface area is 138 Å². The van der Waals surface area contributed by atoms with Gasteiger partial charge in [0, 0.05) is 22.1 Å². The van der Waals surface area contributed by atoms with Crippen LogP contribution in [-0.4, -0.2) is 23.8 Å². The Hall–Kier alpha value is -0.980. The number of ketones is 1. The van der Waals surface area contributed by atoms with Crippen LogP contribution in [0.3, 0.4) is 0 Å². The van der Waals surface area contributed by atoms with Crippen LogP contribution in [-0.2, 0) is 16.0 Å². The van der Waals surface area contributed by atoms with Gasteiger partial charge in [-0.1, -0.05) is 20.8 Å². The molecule has 0 N–H and O–H groups in total. The van der Waals surface area contributed by atoms with Crippen LogP contribution in [0, 0.1) is 8.99 Å². The van der Waals surface area contributed by atoms with E-state index in [1.165, 1.54) is 0 Å². The predicted molar refractivity (Wildman–Crippen MR) is 88.4 cm³/mol. The SMILES string of the molecule is CCC(COC=O)c1cnc2c(c1I)C(=O)CC(C)(C)C2. The van der Waals surface area contributed by atoms with Gasteiger partial charge in [-0.05, 0) is 46.4 Å². The molecule has 0 amide bonds. The summed E-state index contributed by atoms with van der Waals surface area (Å²) in [5, 5.41) is 0. The van der Waals surface area contributed by atoms with E-state index in [0.29, 0.717) is 19.5 Å². The molecule has 0 bridgehead atoms. The molecule has 5 heteroatoms. The number of ether oxygens (including phenoxy) is 1. The van der Waals surface area contributed by atoms with Crippen molar-refractivity contribution in [3.63, 3.8) is 0 Å². The Kier molecular flexibility index (Phi) is 5.01. The van der Waals surface area contributed by atoms with Crippen LogP contribution in [0.15, 0.2) is 6.20 Å². The second kappa shape index (κ2) is 6.42. The number of rotatable bonds is 5. The van der Waals surface area contributed by atoms with Crippen molar-refractivity contribution in [3.8, 4) is 0 Å². The summed E-state index contributed by atoms with van der Waals surface area (Å²) in [6, 6.07) is 0. The zero-order valence-corrected chi connectivity index (χ0v) is 14.8. The summed E-state index contributed by atoms with van der Waals surface area (Å²) < 4.78 is 5.88. The number of nitrogens with zero attached hydrogens (tertiary/aromatic N) is 1. The minimum atomic E-state index is -0.0214. The second-order valence-electron chi connectivity index (χ2n) is 6.32. The first-order chi connectivity index (χ1) is 9.89. The predicted octanol–water partition coefficient (Wildman–Crippen LogP) is 3.51. The van der Waals surface area contributed by atoms with Gasteiger partial charge in [-0.3, -0.25) is 14.6 Å². The van der Waals surface area contributed by atoms with Crippen molar-refractivity contribution < 1.29 is 14.3 Å². The van der Waals surface area contributed by atoms with Gasteiger partial charge in [-0.25, -0.2) is 0 Å². The first kappa shape index (κ1) is 16.4. The van der Waals surface area contributed by atoms with Crippen molar-refractivity contribution in [1.29, 1.82) is 0 Å². The number of pyridine rings is 1. The molecule has 4 nitrogen and oxygen atoms in total. The van der Waals surface area contributed by atoms with Gasteiger partial charge in [-0.15, -0.1) is 0 Å².